The minimum Gasteiger partial charge on any atom is -0.377 e. The van der Waals surface area contributed by atoms with E-state index in [2.05, 4.69) is 9.88 Å². The van der Waals surface area contributed by atoms with E-state index in [1.165, 1.54) is 12.3 Å². The lowest BCUT2D eigenvalue weighted by Crippen LogP contribution is -2.50. The molecule has 6 heteroatoms. The molecule has 1 N–H and O–H groups in total. The summed E-state index contributed by atoms with van der Waals surface area (Å²) >= 11 is 0. The van der Waals surface area contributed by atoms with Crippen LogP contribution in [0.3, 0.4) is 0 Å². The summed E-state index contributed by atoms with van der Waals surface area (Å²) in [5.41, 5.74) is 0.357. The van der Waals surface area contributed by atoms with Gasteiger partial charge in [-0.15, -0.1) is 0 Å². The van der Waals surface area contributed by atoms with E-state index in [0.29, 0.717) is 11.7 Å². The lowest BCUT2D eigenvalue weighted by molar-refractivity contribution is 0.0432. The molecule has 0 bridgehead atoms. The van der Waals surface area contributed by atoms with Gasteiger partial charge in [-0.3, -0.25) is 14.5 Å². The Hall–Kier alpha value is -1.66. The zero-order chi connectivity index (χ0) is 14.7. The van der Waals surface area contributed by atoms with Gasteiger partial charge in [-0.05, 0) is 18.9 Å². The normalized spacial score (nSPS) is 23.4. The van der Waals surface area contributed by atoms with Crippen LogP contribution in [0, 0.1) is 0 Å². The number of carbonyl (C=O) groups excluding carboxylic acids is 1. The number of piperazine rings is 1. The van der Waals surface area contributed by atoms with Gasteiger partial charge in [-0.1, -0.05) is 0 Å². The van der Waals surface area contributed by atoms with Crippen LogP contribution in [0.4, 0.5) is 0 Å². The van der Waals surface area contributed by atoms with E-state index in [0.717, 1.165) is 52.2 Å². The summed E-state index contributed by atoms with van der Waals surface area (Å²) in [6.07, 6.45) is 4.17. The van der Waals surface area contributed by atoms with Gasteiger partial charge in [0.05, 0.1) is 11.7 Å². The fourth-order valence-corrected chi connectivity index (χ4v) is 2.94. The highest BCUT2D eigenvalue weighted by Gasteiger charge is 2.25. The third-order valence-electron chi connectivity index (χ3n) is 4.18. The summed E-state index contributed by atoms with van der Waals surface area (Å²) in [6.45, 7) is 5.08. The Morgan fingerprint density at radius 3 is 2.71 bits per heavy atom. The average Bonchev–Trinajstić information content (AvgIpc) is 3.01. The predicted octanol–water partition coefficient (Wildman–Crippen LogP) is 0.312. The van der Waals surface area contributed by atoms with Gasteiger partial charge < -0.3 is 14.6 Å². The predicted molar refractivity (Wildman–Crippen MR) is 78.4 cm³/mol. The van der Waals surface area contributed by atoms with Gasteiger partial charge in [0, 0.05) is 51.6 Å². The molecule has 21 heavy (non-hydrogen) atoms. The van der Waals surface area contributed by atoms with Crippen molar-refractivity contribution in [3.63, 3.8) is 0 Å². The molecule has 1 aromatic heterocycles. The fourth-order valence-electron chi connectivity index (χ4n) is 2.94. The summed E-state index contributed by atoms with van der Waals surface area (Å²) in [5, 5.41) is 0. The zero-order valence-electron chi connectivity index (χ0n) is 12.1. The fraction of sp³-hybridized carbons (Fsp3) is 0.600. The second-order valence-corrected chi connectivity index (χ2v) is 5.67. The summed E-state index contributed by atoms with van der Waals surface area (Å²) in [4.78, 5) is 30.1. The van der Waals surface area contributed by atoms with Crippen molar-refractivity contribution in [1.82, 2.24) is 14.8 Å². The maximum Gasteiger partial charge on any atom is 0.255 e. The molecule has 3 rings (SSSR count). The molecule has 2 aliphatic heterocycles. The van der Waals surface area contributed by atoms with Gasteiger partial charge in [0.15, 0.2) is 0 Å². The maximum absolute atomic E-state index is 12.3. The van der Waals surface area contributed by atoms with E-state index in [4.69, 9.17) is 4.74 Å². The van der Waals surface area contributed by atoms with E-state index in [1.54, 1.807) is 6.07 Å². The van der Waals surface area contributed by atoms with Crippen LogP contribution in [-0.4, -0.2) is 66.1 Å². The molecule has 0 saturated carbocycles. The summed E-state index contributed by atoms with van der Waals surface area (Å²) < 4.78 is 5.65. The molecule has 0 spiro atoms. The van der Waals surface area contributed by atoms with Crippen molar-refractivity contribution in [3.05, 3.63) is 34.2 Å². The van der Waals surface area contributed by atoms with Gasteiger partial charge in [-0.25, -0.2) is 0 Å². The number of nitrogens with one attached hydrogen (secondary N) is 1. The Kier molecular flexibility index (Phi) is 4.36. The number of hydrogen-bond donors (Lipinski definition) is 1. The molecule has 6 nitrogen and oxygen atoms in total. The van der Waals surface area contributed by atoms with Crippen molar-refractivity contribution in [1.29, 1.82) is 0 Å². The lowest BCUT2D eigenvalue weighted by Gasteiger charge is -2.35. The van der Waals surface area contributed by atoms with Crippen LogP contribution in [0.5, 0.6) is 0 Å². The van der Waals surface area contributed by atoms with Crippen LogP contribution in [0.25, 0.3) is 0 Å². The quantitative estimate of drug-likeness (QED) is 0.870. The Balaban J connectivity index is 1.51. The van der Waals surface area contributed by atoms with Crippen LogP contribution in [-0.2, 0) is 4.74 Å². The molecule has 1 aromatic rings. The largest absolute Gasteiger partial charge is 0.377 e. The molecule has 0 aromatic carbocycles. The Bertz CT molecular complexity index is 523. The third-order valence-corrected chi connectivity index (χ3v) is 4.18. The van der Waals surface area contributed by atoms with E-state index >= 15 is 0 Å². The summed E-state index contributed by atoms with van der Waals surface area (Å²) in [7, 11) is 0. The van der Waals surface area contributed by atoms with Crippen molar-refractivity contribution in [2.75, 3.05) is 39.3 Å². The minimum absolute atomic E-state index is 0.0111. The molecule has 2 aliphatic rings. The highest BCUT2D eigenvalue weighted by atomic mass is 16.5. The number of nitrogens with zero attached hydrogens (tertiary/aromatic N) is 2. The van der Waals surface area contributed by atoms with Crippen molar-refractivity contribution >= 4 is 5.91 Å². The first-order valence-corrected chi connectivity index (χ1v) is 7.54. The monoisotopic (exact) mass is 291 g/mol. The van der Waals surface area contributed by atoms with Gasteiger partial charge in [0.1, 0.15) is 0 Å². The highest BCUT2D eigenvalue weighted by Crippen LogP contribution is 2.15. The Morgan fingerprint density at radius 2 is 2.10 bits per heavy atom. The molecule has 0 radical (unpaired) electrons. The standard InChI is InChI=1S/C15H21N3O3/c19-14-4-3-12(10-16-14)15(20)18-7-5-17(6-8-18)11-13-2-1-9-21-13/h3-4,10,13H,1-2,5-9,11H2,(H,16,19). The minimum atomic E-state index is -0.187. The topological polar surface area (TPSA) is 65.6 Å². The van der Waals surface area contributed by atoms with E-state index in [9.17, 15) is 9.59 Å². The van der Waals surface area contributed by atoms with Crippen molar-refractivity contribution in [2.24, 2.45) is 0 Å². The van der Waals surface area contributed by atoms with Crippen molar-refractivity contribution < 1.29 is 9.53 Å². The number of aromatic nitrogens is 1. The van der Waals surface area contributed by atoms with Crippen LogP contribution in [0.1, 0.15) is 23.2 Å². The molecular weight excluding hydrogens is 270 g/mol. The van der Waals surface area contributed by atoms with Crippen LogP contribution < -0.4 is 5.56 Å². The SMILES string of the molecule is O=C(c1ccc(=O)[nH]c1)N1CCN(CC2CCCO2)CC1. The number of amides is 1. The van der Waals surface area contributed by atoms with Gasteiger partial charge in [0.25, 0.3) is 5.91 Å². The number of H-pyrrole nitrogens is 1. The molecular formula is C15H21N3O3. The Labute approximate surface area is 123 Å². The second-order valence-electron chi connectivity index (χ2n) is 5.67. The highest BCUT2D eigenvalue weighted by molar-refractivity contribution is 5.93. The number of aromatic amines is 1. The van der Waals surface area contributed by atoms with Crippen molar-refractivity contribution in [3.8, 4) is 0 Å². The first kappa shape index (κ1) is 14.3. The molecule has 1 atom stereocenters. The van der Waals surface area contributed by atoms with Gasteiger partial charge in [0.2, 0.25) is 5.56 Å². The first-order chi connectivity index (χ1) is 10.2. The number of pyridine rings is 1. The molecule has 3 heterocycles. The summed E-state index contributed by atoms with van der Waals surface area (Å²) in [6, 6.07) is 2.97. The van der Waals surface area contributed by atoms with E-state index in [1.807, 2.05) is 4.90 Å². The number of ether oxygens (including phenoxy) is 1. The molecule has 1 amide bonds. The average molecular weight is 291 g/mol. The molecule has 0 aliphatic carbocycles. The zero-order valence-corrected chi connectivity index (χ0v) is 12.1. The Morgan fingerprint density at radius 1 is 1.29 bits per heavy atom. The van der Waals surface area contributed by atoms with E-state index in [-0.39, 0.29) is 11.5 Å². The molecule has 2 saturated heterocycles. The summed E-state index contributed by atoms with van der Waals surface area (Å²) in [5.74, 6) is -0.0111. The lowest BCUT2D eigenvalue weighted by atomic mass is 10.2. The van der Waals surface area contributed by atoms with Gasteiger partial charge in [-0.2, -0.15) is 0 Å². The number of hydrogen-bond acceptors (Lipinski definition) is 4. The third kappa shape index (κ3) is 3.51. The van der Waals surface area contributed by atoms with Crippen LogP contribution >= 0.6 is 0 Å². The first-order valence-electron chi connectivity index (χ1n) is 7.54. The van der Waals surface area contributed by atoms with E-state index < -0.39 is 0 Å². The van der Waals surface area contributed by atoms with Crippen molar-refractivity contribution in [2.45, 2.75) is 18.9 Å². The molecule has 2 fully saturated rings. The van der Waals surface area contributed by atoms with Crippen LogP contribution in [0.15, 0.2) is 23.1 Å². The smallest absolute Gasteiger partial charge is 0.255 e. The molecule has 1 unspecified atom stereocenters. The van der Waals surface area contributed by atoms with Crippen LogP contribution in [0.2, 0.25) is 0 Å². The number of carbonyl (C=O) groups is 1. The second kappa shape index (κ2) is 6.41. The number of rotatable bonds is 3. The maximum atomic E-state index is 12.3. The molecule has 114 valence electrons. The van der Waals surface area contributed by atoms with Gasteiger partial charge >= 0.3 is 0 Å².